The Morgan fingerprint density at radius 1 is 1.23 bits per heavy atom. The summed E-state index contributed by atoms with van der Waals surface area (Å²) < 4.78 is 21.6. The minimum atomic E-state index is -4.74. The molecule has 1 aliphatic rings. The number of nitrogens with two attached hydrogens (primary N) is 1. The van der Waals surface area contributed by atoms with Crippen LogP contribution >= 0.6 is 7.82 Å². The maximum Gasteiger partial charge on any atom is 0.469 e. The number of carbonyl (C=O) groups is 1. The number of phosphoric ester groups is 1. The molecule has 5 atom stereocenters. The van der Waals surface area contributed by atoms with E-state index in [1.54, 1.807) is 24.4 Å². The predicted octanol–water partition coefficient (Wildman–Crippen LogP) is -1.32. The summed E-state index contributed by atoms with van der Waals surface area (Å²) in [5, 5.41) is 38.9. The van der Waals surface area contributed by atoms with Crippen LogP contribution in [0.1, 0.15) is 11.8 Å². The van der Waals surface area contributed by atoms with Crippen LogP contribution in [0, 0.1) is 0 Å². The Labute approximate surface area is 217 Å². The molecule has 1 aliphatic heterocycles. The molecule has 4 aromatic rings. The molecule has 3 aromatic heterocycles. The van der Waals surface area contributed by atoms with E-state index in [1.807, 2.05) is 0 Å². The average Bonchev–Trinajstić information content (AvgIpc) is 3.55. The number of H-pyrrole nitrogens is 2. The van der Waals surface area contributed by atoms with Crippen molar-refractivity contribution >= 4 is 35.9 Å². The quantitative estimate of drug-likeness (QED) is 0.117. The number of aromatic nitrogens is 5. The van der Waals surface area contributed by atoms with Crippen molar-refractivity contribution in [1.82, 2.24) is 24.5 Å². The first-order valence-corrected chi connectivity index (χ1v) is 12.8. The average molecular weight is 568 g/mol. The van der Waals surface area contributed by atoms with E-state index in [-0.39, 0.29) is 23.3 Å². The lowest BCUT2D eigenvalue weighted by Crippen LogP contribution is -2.33. The van der Waals surface area contributed by atoms with Crippen molar-refractivity contribution in [3.63, 3.8) is 0 Å². The Kier molecular flexibility index (Phi) is 8.15. The first-order chi connectivity index (χ1) is 18.4. The number of rotatable bonds is 7. The van der Waals surface area contributed by atoms with Crippen LogP contribution in [0.3, 0.4) is 0 Å². The number of carboxylic acids is 1. The van der Waals surface area contributed by atoms with Gasteiger partial charge in [-0.15, -0.1) is 0 Å². The number of benzene rings is 1. The number of aromatic hydroxyl groups is 1. The number of fused-ring (bicyclic) bond motifs is 2. The molecule has 18 heteroatoms. The van der Waals surface area contributed by atoms with Crippen LogP contribution in [0.15, 0.2) is 41.8 Å². The van der Waals surface area contributed by atoms with Gasteiger partial charge in [0.2, 0.25) is 0 Å². The highest BCUT2D eigenvalue weighted by atomic mass is 31.2. The fourth-order valence-electron chi connectivity index (χ4n) is 3.98. The van der Waals surface area contributed by atoms with E-state index in [0.717, 1.165) is 22.8 Å². The number of carboxylic acid groups (broad SMARTS) is 1. The molecule has 1 saturated heterocycles. The highest BCUT2D eigenvalue weighted by molar-refractivity contribution is 7.46. The normalized spacial score (nSPS) is 22.1. The minimum absolute atomic E-state index is 0.0210. The first kappa shape index (κ1) is 28.3. The number of ether oxygens (including phenoxy) is 1. The van der Waals surface area contributed by atoms with E-state index in [9.17, 15) is 29.5 Å². The molecule has 210 valence electrons. The topological polar surface area (TPSA) is 279 Å². The van der Waals surface area contributed by atoms with Gasteiger partial charge in [0.25, 0.3) is 5.56 Å². The number of aliphatic carboxylic acids is 1. The Morgan fingerprint density at radius 2 is 1.97 bits per heavy atom. The smallest absolute Gasteiger partial charge is 0.469 e. The van der Waals surface area contributed by atoms with Gasteiger partial charge in [-0.25, -0.2) is 14.5 Å². The molecule has 0 unspecified atom stereocenters. The largest absolute Gasteiger partial charge is 0.508 e. The van der Waals surface area contributed by atoms with Gasteiger partial charge in [0, 0.05) is 23.5 Å². The molecule has 4 heterocycles. The molecule has 0 amide bonds. The van der Waals surface area contributed by atoms with E-state index >= 15 is 0 Å². The second-order valence-electron chi connectivity index (χ2n) is 8.58. The molecular weight excluding hydrogens is 543 g/mol. The zero-order valence-corrected chi connectivity index (χ0v) is 20.8. The summed E-state index contributed by atoms with van der Waals surface area (Å²) in [6.07, 6.45) is -0.901. The van der Waals surface area contributed by atoms with E-state index in [4.69, 9.17) is 25.4 Å². The zero-order chi connectivity index (χ0) is 28.5. The van der Waals surface area contributed by atoms with Gasteiger partial charge in [-0.05, 0) is 23.8 Å². The van der Waals surface area contributed by atoms with Crippen molar-refractivity contribution in [2.75, 3.05) is 6.61 Å². The molecule has 0 aliphatic carbocycles. The second-order valence-corrected chi connectivity index (χ2v) is 9.82. The number of aromatic amines is 2. The van der Waals surface area contributed by atoms with Crippen molar-refractivity contribution in [3.05, 3.63) is 53.0 Å². The number of hydrogen-bond donors (Lipinski definition) is 9. The van der Waals surface area contributed by atoms with Crippen LogP contribution < -0.4 is 11.3 Å². The first-order valence-electron chi connectivity index (χ1n) is 11.2. The lowest BCUT2D eigenvalue weighted by atomic mass is 10.1. The fourth-order valence-corrected chi connectivity index (χ4v) is 4.32. The number of nitrogens with one attached hydrogen (secondary N) is 2. The summed E-state index contributed by atoms with van der Waals surface area (Å²) in [6, 6.07) is 3.97. The van der Waals surface area contributed by atoms with Crippen LogP contribution in [0.4, 0.5) is 0 Å². The van der Waals surface area contributed by atoms with Gasteiger partial charge in [0.05, 0.1) is 19.3 Å². The SMILES string of the molecule is N[C@@H](Cc1c[nH]c2ccc(O)cc12)C(=O)O.O=c1[nH]cnc2c1ncn2[C@H]1O[C@H](COP(=O)(O)O)[C@@H](O)[C@H]1O. The minimum Gasteiger partial charge on any atom is -0.508 e. The summed E-state index contributed by atoms with van der Waals surface area (Å²) in [6.45, 7) is -0.625. The van der Waals surface area contributed by atoms with Gasteiger partial charge >= 0.3 is 13.8 Å². The molecule has 17 nitrogen and oxygen atoms in total. The van der Waals surface area contributed by atoms with Gasteiger partial charge in [0.15, 0.2) is 17.4 Å². The van der Waals surface area contributed by atoms with Crippen LogP contribution in [0.5, 0.6) is 5.75 Å². The molecular formula is C21H25N6O11P. The lowest BCUT2D eigenvalue weighted by Gasteiger charge is -2.16. The van der Waals surface area contributed by atoms with Crippen molar-refractivity contribution in [1.29, 1.82) is 0 Å². The monoisotopic (exact) mass is 568 g/mol. The summed E-state index contributed by atoms with van der Waals surface area (Å²) >= 11 is 0. The molecule has 0 spiro atoms. The highest BCUT2D eigenvalue weighted by Gasteiger charge is 2.45. The summed E-state index contributed by atoms with van der Waals surface area (Å²) in [5.74, 6) is -0.883. The third kappa shape index (κ3) is 6.32. The maximum atomic E-state index is 11.6. The van der Waals surface area contributed by atoms with E-state index < -0.39 is 56.5 Å². The lowest BCUT2D eigenvalue weighted by molar-refractivity contribution is -0.138. The van der Waals surface area contributed by atoms with Gasteiger partial charge in [-0.1, -0.05) is 0 Å². The third-order valence-electron chi connectivity index (χ3n) is 5.89. The standard InChI is InChI=1S/C11H12N2O3.C10H13N4O8P/c12-9(11(15)16)3-6-5-13-10-2-1-7(14)4-8(6)10;15-6-4(1-21-23(18,19)20)22-10(7(6)16)14-3-13-5-8(14)11-2-12-9(5)17/h1-2,4-5,9,13-14H,3,12H2,(H,15,16);2-4,6-7,10,15-16H,1H2,(H,11,12,17)(H2,18,19,20)/t9-;4-,6-,7-,10+/m01/s1. The number of aliphatic hydroxyl groups excluding tert-OH is 2. The van der Waals surface area contributed by atoms with E-state index in [2.05, 4.69) is 24.5 Å². The fraction of sp³-hybridized carbons (Fsp3) is 0.333. The summed E-state index contributed by atoms with van der Waals surface area (Å²) in [7, 11) is -4.74. The molecule has 10 N–H and O–H groups in total. The van der Waals surface area contributed by atoms with Crippen LogP contribution in [-0.2, 0) is 25.0 Å². The number of phenolic OH excluding ortho intramolecular Hbond substituents is 1. The predicted molar refractivity (Wildman–Crippen MR) is 131 cm³/mol. The summed E-state index contributed by atoms with van der Waals surface area (Å²) in [4.78, 5) is 52.7. The number of phosphoric acid groups is 1. The molecule has 0 radical (unpaired) electrons. The molecule has 5 rings (SSSR count). The molecule has 0 bridgehead atoms. The van der Waals surface area contributed by atoms with Crippen LogP contribution in [-0.4, -0.2) is 91.6 Å². The van der Waals surface area contributed by atoms with Crippen LogP contribution in [0.2, 0.25) is 0 Å². The molecule has 39 heavy (non-hydrogen) atoms. The number of aliphatic hydroxyl groups is 2. The van der Waals surface area contributed by atoms with Gasteiger partial charge < -0.3 is 50.7 Å². The maximum absolute atomic E-state index is 11.6. The molecule has 1 fully saturated rings. The van der Waals surface area contributed by atoms with Crippen molar-refractivity contribution in [2.45, 2.75) is 37.0 Å². The molecule has 1 aromatic carbocycles. The van der Waals surface area contributed by atoms with Crippen molar-refractivity contribution in [3.8, 4) is 5.75 Å². The van der Waals surface area contributed by atoms with Crippen molar-refractivity contribution in [2.24, 2.45) is 5.73 Å². The van der Waals surface area contributed by atoms with Gasteiger partial charge in [-0.3, -0.25) is 18.7 Å². The number of hydrogen-bond acceptors (Lipinski definition) is 11. The Bertz CT molecular complexity index is 1580. The third-order valence-corrected chi connectivity index (χ3v) is 6.38. The van der Waals surface area contributed by atoms with Gasteiger partial charge in [-0.2, -0.15) is 0 Å². The number of phenols is 1. The van der Waals surface area contributed by atoms with E-state index in [1.165, 1.54) is 10.9 Å². The van der Waals surface area contributed by atoms with Crippen molar-refractivity contribution < 1.29 is 48.8 Å². The highest BCUT2D eigenvalue weighted by Crippen LogP contribution is 2.38. The molecule has 0 saturated carbocycles. The number of imidazole rings is 1. The van der Waals surface area contributed by atoms with E-state index in [0.29, 0.717) is 0 Å². The van der Waals surface area contributed by atoms with Gasteiger partial charge in [0.1, 0.15) is 30.1 Å². The Balaban J connectivity index is 0.000000193. The second kappa shape index (κ2) is 11.2. The summed E-state index contributed by atoms with van der Waals surface area (Å²) in [5.41, 5.74) is 6.77. The van der Waals surface area contributed by atoms with Crippen LogP contribution in [0.25, 0.3) is 22.1 Å². The Morgan fingerprint density at radius 3 is 2.67 bits per heavy atom. The number of nitrogens with zero attached hydrogens (tertiary/aromatic N) is 3. The Hall–Kier alpha value is -3.67. The zero-order valence-electron chi connectivity index (χ0n) is 19.9.